The maximum atomic E-state index is 12.4. The van der Waals surface area contributed by atoms with Gasteiger partial charge < -0.3 is 19.7 Å². The molecule has 0 unspecified atom stereocenters. The van der Waals surface area contributed by atoms with Crippen LogP contribution in [0.15, 0.2) is 61.3 Å². The molecule has 35 heavy (non-hydrogen) atoms. The molecule has 1 saturated carbocycles. The number of nitrogens with zero attached hydrogens (tertiary/aromatic N) is 3. The van der Waals surface area contributed by atoms with Gasteiger partial charge in [0.2, 0.25) is 0 Å². The first kappa shape index (κ1) is 23.3. The summed E-state index contributed by atoms with van der Waals surface area (Å²) < 4.78 is 13.5. The van der Waals surface area contributed by atoms with Crippen molar-refractivity contribution in [3.8, 4) is 11.5 Å². The Kier molecular flexibility index (Phi) is 6.68. The minimum Gasteiger partial charge on any atom is -0.493 e. The molecule has 1 saturated heterocycles. The van der Waals surface area contributed by atoms with E-state index in [9.17, 15) is 4.79 Å². The van der Waals surface area contributed by atoms with E-state index in [1.807, 2.05) is 24.3 Å². The average Bonchev–Trinajstić information content (AvgIpc) is 3.49. The fraction of sp³-hybridized carbons (Fsp3) is 0.333. The van der Waals surface area contributed by atoms with Gasteiger partial charge >= 0.3 is 0 Å². The smallest absolute Gasteiger partial charge is 0.260 e. The van der Waals surface area contributed by atoms with E-state index in [0.29, 0.717) is 11.3 Å². The quantitative estimate of drug-likeness (QED) is 0.459. The molecule has 0 spiro atoms. The van der Waals surface area contributed by atoms with Gasteiger partial charge in [-0.25, -0.2) is 0 Å². The molecule has 1 N–H and O–H groups in total. The largest absolute Gasteiger partial charge is 0.493 e. The van der Waals surface area contributed by atoms with E-state index in [1.165, 1.54) is 29.4 Å². The lowest BCUT2D eigenvalue weighted by Gasteiger charge is -2.19. The van der Waals surface area contributed by atoms with Crippen LogP contribution in [0.3, 0.4) is 0 Å². The summed E-state index contributed by atoms with van der Waals surface area (Å²) in [5.41, 5.74) is 2.77. The summed E-state index contributed by atoms with van der Waals surface area (Å²) >= 11 is 6.10. The highest BCUT2D eigenvalue weighted by Crippen LogP contribution is 2.30. The maximum Gasteiger partial charge on any atom is 0.260 e. The maximum absolute atomic E-state index is 12.4. The molecule has 0 radical (unpaired) electrons. The Balaban J connectivity index is 1.11. The predicted octanol–water partition coefficient (Wildman–Crippen LogP) is 4.92. The fourth-order valence-electron chi connectivity index (χ4n) is 4.09. The Labute approximate surface area is 210 Å². The van der Waals surface area contributed by atoms with E-state index < -0.39 is 0 Å². The van der Waals surface area contributed by atoms with Crippen molar-refractivity contribution in [2.45, 2.75) is 25.4 Å². The number of hydrogen-bond acceptors (Lipinski definition) is 5. The zero-order chi connectivity index (χ0) is 24.4. The Hall–Kier alpha value is -3.45. The number of carbonyl (C=O) groups excluding carboxylic acids is 1. The Bertz CT molecular complexity index is 1200. The SMILES string of the molecule is C=C(NC(=O)c1cnn(C)c1Cl)c1ccc(O[C@@H]2CCN(c3ccc(OCC4CC4)cc3)C2)cc1. The summed E-state index contributed by atoms with van der Waals surface area (Å²) in [6.07, 6.45) is 5.09. The number of aromatic nitrogens is 2. The first-order valence-electron chi connectivity index (χ1n) is 11.9. The lowest BCUT2D eigenvalue weighted by molar-refractivity contribution is 0.0974. The summed E-state index contributed by atoms with van der Waals surface area (Å²) in [4.78, 5) is 14.8. The van der Waals surface area contributed by atoms with Gasteiger partial charge in [-0.2, -0.15) is 5.10 Å². The number of hydrogen-bond donors (Lipinski definition) is 1. The normalized spacial score (nSPS) is 17.3. The highest BCUT2D eigenvalue weighted by molar-refractivity contribution is 6.33. The second kappa shape index (κ2) is 10.0. The van der Waals surface area contributed by atoms with Crippen molar-refractivity contribution in [2.24, 2.45) is 13.0 Å². The minimum absolute atomic E-state index is 0.113. The Morgan fingerprint density at radius 3 is 2.49 bits per heavy atom. The first-order valence-corrected chi connectivity index (χ1v) is 12.3. The molecule has 1 atom stereocenters. The molecule has 7 nitrogen and oxygen atoms in total. The summed E-state index contributed by atoms with van der Waals surface area (Å²) in [5, 5.41) is 7.05. The van der Waals surface area contributed by atoms with Crippen molar-refractivity contribution < 1.29 is 14.3 Å². The molecular formula is C27H29ClN4O3. The summed E-state index contributed by atoms with van der Waals surface area (Å²) in [6, 6.07) is 15.9. The third-order valence-corrected chi connectivity index (χ3v) is 6.86. The molecule has 2 aliphatic rings. The number of halogens is 1. The molecule has 3 aromatic rings. The number of anilines is 1. The third kappa shape index (κ3) is 5.62. The van der Waals surface area contributed by atoms with Crippen LogP contribution in [0.4, 0.5) is 5.69 Å². The number of nitrogens with one attached hydrogen (secondary N) is 1. The molecule has 1 aliphatic heterocycles. The van der Waals surface area contributed by atoms with Crippen LogP contribution in [-0.2, 0) is 7.05 Å². The molecule has 182 valence electrons. The van der Waals surface area contributed by atoms with Crippen LogP contribution in [-0.4, -0.2) is 41.5 Å². The van der Waals surface area contributed by atoms with Crippen molar-refractivity contribution in [3.05, 3.63) is 77.6 Å². The van der Waals surface area contributed by atoms with E-state index in [2.05, 4.69) is 46.2 Å². The number of benzene rings is 2. The molecule has 2 aromatic carbocycles. The number of aryl methyl sites for hydroxylation is 1. The van der Waals surface area contributed by atoms with Crippen molar-refractivity contribution in [2.75, 3.05) is 24.6 Å². The van der Waals surface area contributed by atoms with E-state index in [-0.39, 0.29) is 17.2 Å². The standard InChI is InChI=1S/C27H29ClN4O3/c1-18(30-27(33)25-15-29-31(2)26(25)28)20-5-9-23(10-6-20)35-24-13-14-32(16-24)21-7-11-22(12-8-21)34-17-19-3-4-19/h5-12,15,19,24H,1,3-4,13-14,16-17H2,2H3,(H,30,33)/t24-/m1/s1. The molecule has 8 heteroatoms. The summed E-state index contributed by atoms with van der Waals surface area (Å²) in [5.74, 6) is 2.14. The number of ether oxygens (including phenoxy) is 2. The van der Waals surface area contributed by atoms with Crippen molar-refractivity contribution in [3.63, 3.8) is 0 Å². The van der Waals surface area contributed by atoms with Gasteiger partial charge in [0.25, 0.3) is 5.91 Å². The first-order chi connectivity index (χ1) is 17.0. The van der Waals surface area contributed by atoms with Crippen molar-refractivity contribution in [1.29, 1.82) is 0 Å². The van der Waals surface area contributed by atoms with Crippen molar-refractivity contribution >= 4 is 28.9 Å². The van der Waals surface area contributed by atoms with Gasteiger partial charge in [0.15, 0.2) is 0 Å². The van der Waals surface area contributed by atoms with Gasteiger partial charge in [0.1, 0.15) is 22.8 Å². The number of carbonyl (C=O) groups is 1. The van der Waals surface area contributed by atoms with Crippen LogP contribution in [0.2, 0.25) is 5.15 Å². The zero-order valence-electron chi connectivity index (χ0n) is 19.7. The second-order valence-corrected chi connectivity index (χ2v) is 9.51. The van der Waals surface area contributed by atoms with Gasteiger partial charge in [0, 0.05) is 31.4 Å². The number of amides is 1. The topological polar surface area (TPSA) is 68.6 Å². The molecule has 1 amide bonds. The van der Waals surface area contributed by atoms with Crippen molar-refractivity contribution in [1.82, 2.24) is 15.1 Å². The highest BCUT2D eigenvalue weighted by atomic mass is 35.5. The molecular weight excluding hydrogens is 464 g/mol. The summed E-state index contributed by atoms with van der Waals surface area (Å²) in [6.45, 7) is 6.58. The average molecular weight is 493 g/mol. The molecule has 0 bridgehead atoms. The van der Waals surface area contributed by atoms with E-state index in [1.54, 1.807) is 7.05 Å². The monoisotopic (exact) mass is 492 g/mol. The Morgan fingerprint density at radius 1 is 1.11 bits per heavy atom. The van der Waals surface area contributed by atoms with E-state index in [4.69, 9.17) is 21.1 Å². The van der Waals surface area contributed by atoms with Gasteiger partial charge in [-0.1, -0.05) is 18.2 Å². The van der Waals surface area contributed by atoms with Crippen LogP contribution in [0.1, 0.15) is 35.2 Å². The fourth-order valence-corrected chi connectivity index (χ4v) is 4.27. The van der Waals surface area contributed by atoms with Gasteiger partial charge in [-0.15, -0.1) is 0 Å². The second-order valence-electron chi connectivity index (χ2n) is 9.15. The van der Waals surface area contributed by atoms with E-state index in [0.717, 1.165) is 49.1 Å². The lowest BCUT2D eigenvalue weighted by Crippen LogP contribution is -2.24. The molecule has 5 rings (SSSR count). The zero-order valence-corrected chi connectivity index (χ0v) is 20.5. The molecule has 2 heterocycles. The van der Waals surface area contributed by atoms with Gasteiger partial charge in [-0.3, -0.25) is 9.48 Å². The van der Waals surface area contributed by atoms with Crippen LogP contribution in [0.5, 0.6) is 11.5 Å². The van der Waals surface area contributed by atoms with Crippen LogP contribution in [0, 0.1) is 5.92 Å². The summed E-state index contributed by atoms with van der Waals surface area (Å²) in [7, 11) is 1.68. The van der Waals surface area contributed by atoms with Crippen LogP contribution < -0.4 is 19.7 Å². The molecule has 1 aromatic heterocycles. The van der Waals surface area contributed by atoms with Gasteiger partial charge in [-0.05, 0) is 72.9 Å². The lowest BCUT2D eigenvalue weighted by atomic mass is 10.1. The van der Waals surface area contributed by atoms with Crippen LogP contribution in [0.25, 0.3) is 5.70 Å². The minimum atomic E-state index is -0.345. The molecule has 2 fully saturated rings. The van der Waals surface area contributed by atoms with Crippen LogP contribution >= 0.6 is 11.6 Å². The predicted molar refractivity (Wildman–Crippen MR) is 137 cm³/mol. The van der Waals surface area contributed by atoms with Gasteiger partial charge in [0.05, 0.1) is 24.9 Å². The highest BCUT2D eigenvalue weighted by Gasteiger charge is 2.25. The third-order valence-electron chi connectivity index (χ3n) is 6.41. The molecule has 1 aliphatic carbocycles. The Morgan fingerprint density at radius 2 is 1.83 bits per heavy atom. The number of rotatable bonds is 9. The van der Waals surface area contributed by atoms with E-state index >= 15 is 0 Å².